The maximum absolute atomic E-state index is 11.7. The Morgan fingerprint density at radius 1 is 1.56 bits per heavy atom. The summed E-state index contributed by atoms with van der Waals surface area (Å²) < 4.78 is 6.55. The van der Waals surface area contributed by atoms with Gasteiger partial charge in [-0.2, -0.15) is 4.98 Å². The molecule has 1 aromatic heterocycles. The highest BCUT2D eigenvalue weighted by Crippen LogP contribution is 2.04. The molecule has 0 saturated carbocycles. The van der Waals surface area contributed by atoms with E-state index in [2.05, 4.69) is 4.98 Å². The molecule has 0 aromatic carbocycles. The molecular formula is C12H18N2O4. The van der Waals surface area contributed by atoms with Crippen LogP contribution in [-0.4, -0.2) is 33.3 Å². The van der Waals surface area contributed by atoms with Crippen LogP contribution in [0.15, 0.2) is 10.9 Å². The molecule has 6 heteroatoms. The number of aliphatic carboxylic acids is 1. The highest BCUT2D eigenvalue weighted by atomic mass is 16.5. The van der Waals surface area contributed by atoms with Crippen LogP contribution in [0.1, 0.15) is 24.7 Å². The molecule has 0 saturated heterocycles. The third-order valence-electron chi connectivity index (χ3n) is 2.60. The zero-order chi connectivity index (χ0) is 13.7. The lowest BCUT2D eigenvalue weighted by Gasteiger charge is -2.14. The van der Waals surface area contributed by atoms with Crippen molar-refractivity contribution in [3.63, 3.8) is 0 Å². The molecule has 0 aliphatic carbocycles. The Bertz CT molecular complexity index is 481. The number of nitrogens with zero attached hydrogens (tertiary/aromatic N) is 2. The second-order valence-corrected chi connectivity index (χ2v) is 4.04. The number of aryl methyl sites for hydroxylation is 2. The minimum Gasteiger partial charge on any atom is -0.479 e. The molecule has 0 fully saturated rings. The number of rotatable bonds is 6. The molecule has 0 spiro atoms. The SMILES string of the molecule is CCOC(CCn1c(C)cc(C)nc1=O)C(=O)O. The van der Waals surface area contributed by atoms with Gasteiger partial charge in [0.25, 0.3) is 0 Å². The van der Waals surface area contributed by atoms with Crippen molar-refractivity contribution in [1.29, 1.82) is 0 Å². The highest BCUT2D eigenvalue weighted by Gasteiger charge is 2.17. The van der Waals surface area contributed by atoms with Crippen molar-refractivity contribution in [3.8, 4) is 0 Å². The van der Waals surface area contributed by atoms with Crippen LogP contribution in [0.2, 0.25) is 0 Å². The number of hydrogen-bond donors (Lipinski definition) is 1. The van der Waals surface area contributed by atoms with Gasteiger partial charge in [0.1, 0.15) is 0 Å². The predicted octanol–water partition coefficient (Wildman–Crippen LogP) is 0.740. The lowest BCUT2D eigenvalue weighted by Crippen LogP contribution is -2.30. The summed E-state index contributed by atoms with van der Waals surface area (Å²) in [6, 6.07) is 1.79. The quantitative estimate of drug-likeness (QED) is 0.809. The maximum atomic E-state index is 11.7. The molecule has 0 amide bonds. The van der Waals surface area contributed by atoms with Crippen LogP contribution in [0, 0.1) is 13.8 Å². The van der Waals surface area contributed by atoms with Crippen molar-refractivity contribution >= 4 is 5.97 Å². The Morgan fingerprint density at radius 2 is 2.22 bits per heavy atom. The van der Waals surface area contributed by atoms with E-state index in [1.54, 1.807) is 26.8 Å². The normalized spacial score (nSPS) is 12.4. The molecule has 100 valence electrons. The fourth-order valence-corrected chi connectivity index (χ4v) is 1.77. The largest absolute Gasteiger partial charge is 0.479 e. The first-order valence-electron chi connectivity index (χ1n) is 5.85. The van der Waals surface area contributed by atoms with Crippen molar-refractivity contribution in [2.24, 2.45) is 0 Å². The van der Waals surface area contributed by atoms with Crippen molar-refractivity contribution in [2.75, 3.05) is 6.61 Å². The van der Waals surface area contributed by atoms with Crippen molar-refractivity contribution < 1.29 is 14.6 Å². The second kappa shape index (κ2) is 6.30. The zero-order valence-electron chi connectivity index (χ0n) is 10.8. The van der Waals surface area contributed by atoms with E-state index in [4.69, 9.17) is 9.84 Å². The number of ether oxygens (including phenoxy) is 1. The third kappa shape index (κ3) is 3.66. The Balaban J connectivity index is 2.79. The standard InChI is InChI=1S/C12H18N2O4/c1-4-18-10(11(15)16)5-6-14-9(3)7-8(2)13-12(14)17/h7,10H,4-6H2,1-3H3,(H,15,16). The Labute approximate surface area is 105 Å². The van der Waals surface area contributed by atoms with Crippen LogP contribution >= 0.6 is 0 Å². The lowest BCUT2D eigenvalue weighted by atomic mass is 10.2. The molecule has 6 nitrogen and oxygen atoms in total. The van der Waals surface area contributed by atoms with Crippen molar-refractivity contribution in [2.45, 2.75) is 39.8 Å². The minimum absolute atomic E-state index is 0.245. The topological polar surface area (TPSA) is 81.4 Å². The van der Waals surface area contributed by atoms with E-state index < -0.39 is 12.1 Å². The van der Waals surface area contributed by atoms with Crippen LogP contribution < -0.4 is 5.69 Å². The van der Waals surface area contributed by atoms with Gasteiger partial charge in [-0.1, -0.05) is 0 Å². The van der Waals surface area contributed by atoms with Crippen LogP contribution in [0.4, 0.5) is 0 Å². The van der Waals surface area contributed by atoms with Crippen LogP contribution in [0.5, 0.6) is 0 Å². The van der Waals surface area contributed by atoms with E-state index in [1.807, 2.05) is 0 Å². The Hall–Kier alpha value is -1.69. The van der Waals surface area contributed by atoms with Gasteiger partial charge in [0.2, 0.25) is 0 Å². The van der Waals surface area contributed by atoms with Crippen LogP contribution in [-0.2, 0) is 16.1 Å². The molecule has 1 aromatic rings. The van der Waals surface area contributed by atoms with E-state index in [0.29, 0.717) is 12.3 Å². The Kier molecular flexibility index (Phi) is 5.03. The summed E-state index contributed by atoms with van der Waals surface area (Å²) >= 11 is 0. The van der Waals surface area contributed by atoms with E-state index in [9.17, 15) is 9.59 Å². The van der Waals surface area contributed by atoms with E-state index >= 15 is 0 Å². The van der Waals surface area contributed by atoms with Gasteiger partial charge in [0.05, 0.1) is 0 Å². The number of hydrogen-bond acceptors (Lipinski definition) is 4. The first-order chi connectivity index (χ1) is 8.45. The molecule has 0 aliphatic rings. The molecule has 1 N–H and O–H groups in total. The second-order valence-electron chi connectivity index (χ2n) is 4.04. The average molecular weight is 254 g/mol. The lowest BCUT2D eigenvalue weighted by molar-refractivity contribution is -0.150. The van der Waals surface area contributed by atoms with Crippen LogP contribution in [0.25, 0.3) is 0 Å². The fraction of sp³-hybridized carbons (Fsp3) is 0.583. The Morgan fingerprint density at radius 3 is 2.72 bits per heavy atom. The smallest absolute Gasteiger partial charge is 0.347 e. The van der Waals surface area contributed by atoms with Gasteiger partial charge in [-0.3, -0.25) is 4.57 Å². The summed E-state index contributed by atoms with van der Waals surface area (Å²) in [7, 11) is 0. The molecule has 0 radical (unpaired) electrons. The first-order valence-corrected chi connectivity index (χ1v) is 5.85. The third-order valence-corrected chi connectivity index (χ3v) is 2.60. The monoisotopic (exact) mass is 254 g/mol. The molecule has 0 aliphatic heterocycles. The summed E-state index contributed by atoms with van der Waals surface area (Å²) in [4.78, 5) is 26.4. The molecular weight excluding hydrogens is 236 g/mol. The van der Waals surface area contributed by atoms with Gasteiger partial charge >= 0.3 is 11.7 Å². The molecule has 18 heavy (non-hydrogen) atoms. The molecule has 0 bridgehead atoms. The molecule has 1 heterocycles. The van der Waals surface area contributed by atoms with Crippen molar-refractivity contribution in [3.05, 3.63) is 27.9 Å². The number of aromatic nitrogens is 2. The number of carbonyl (C=O) groups is 1. The molecule has 1 atom stereocenters. The number of carboxylic acids is 1. The highest BCUT2D eigenvalue weighted by molar-refractivity contribution is 5.72. The van der Waals surface area contributed by atoms with Gasteiger partial charge in [-0.05, 0) is 26.8 Å². The first kappa shape index (κ1) is 14.4. The maximum Gasteiger partial charge on any atom is 0.347 e. The van der Waals surface area contributed by atoms with Gasteiger partial charge in [0, 0.05) is 31.0 Å². The summed E-state index contributed by atoms with van der Waals surface area (Å²) in [5.74, 6) is -1.01. The number of carboxylic acid groups (broad SMARTS) is 1. The van der Waals surface area contributed by atoms with Gasteiger partial charge in [-0.15, -0.1) is 0 Å². The summed E-state index contributed by atoms with van der Waals surface area (Å²) in [6.07, 6.45) is -0.642. The van der Waals surface area contributed by atoms with Gasteiger partial charge in [0.15, 0.2) is 6.10 Å². The van der Waals surface area contributed by atoms with Gasteiger partial charge < -0.3 is 9.84 Å². The minimum atomic E-state index is -1.01. The van der Waals surface area contributed by atoms with E-state index in [0.717, 1.165) is 5.69 Å². The summed E-state index contributed by atoms with van der Waals surface area (Å²) in [5.41, 5.74) is 1.08. The average Bonchev–Trinajstić information content (AvgIpc) is 2.25. The van der Waals surface area contributed by atoms with Crippen molar-refractivity contribution in [1.82, 2.24) is 9.55 Å². The van der Waals surface area contributed by atoms with E-state index in [-0.39, 0.29) is 18.7 Å². The summed E-state index contributed by atoms with van der Waals surface area (Å²) in [6.45, 7) is 5.90. The van der Waals surface area contributed by atoms with E-state index in [1.165, 1.54) is 4.57 Å². The molecule has 1 rings (SSSR count). The van der Waals surface area contributed by atoms with Gasteiger partial charge in [-0.25, -0.2) is 9.59 Å². The summed E-state index contributed by atoms with van der Waals surface area (Å²) in [5, 5.41) is 8.94. The fourth-order valence-electron chi connectivity index (χ4n) is 1.77. The predicted molar refractivity (Wildman–Crippen MR) is 65.6 cm³/mol. The van der Waals surface area contributed by atoms with Crippen LogP contribution in [0.3, 0.4) is 0 Å². The molecule has 1 unspecified atom stereocenters. The zero-order valence-corrected chi connectivity index (χ0v) is 10.8.